The molecule has 0 saturated heterocycles. The van der Waals surface area contributed by atoms with E-state index >= 15 is 0 Å². The number of aryl methyl sites for hydroxylation is 1. The summed E-state index contributed by atoms with van der Waals surface area (Å²) in [4.78, 5) is 18.5. The normalized spacial score (nSPS) is 11.4. The molecule has 36 heavy (non-hydrogen) atoms. The van der Waals surface area contributed by atoms with Crippen molar-refractivity contribution in [1.82, 2.24) is 24.4 Å². The molecule has 176 valence electrons. The number of fused-ring (bicyclic) bond motifs is 3. The lowest BCUT2D eigenvalue weighted by Crippen LogP contribution is -2.26. The van der Waals surface area contributed by atoms with Crippen molar-refractivity contribution >= 4 is 16.4 Å². The molecule has 3 heterocycles. The summed E-state index contributed by atoms with van der Waals surface area (Å²) in [6.45, 7) is 2.29. The summed E-state index contributed by atoms with van der Waals surface area (Å²) in [5, 5.41) is 10.2. The summed E-state index contributed by atoms with van der Waals surface area (Å²) >= 11 is 0. The van der Waals surface area contributed by atoms with Gasteiger partial charge in [0.05, 0.1) is 23.1 Å². The first-order chi connectivity index (χ1) is 17.6. The van der Waals surface area contributed by atoms with Crippen LogP contribution >= 0.6 is 0 Å². The molecule has 0 fully saturated rings. The minimum absolute atomic E-state index is 0.278. The number of nitrogens with zero attached hydrogens (tertiary/aromatic N) is 5. The molecule has 0 atom stereocenters. The van der Waals surface area contributed by atoms with Gasteiger partial charge in [0.25, 0.3) is 5.56 Å². The molecule has 3 aromatic heterocycles. The van der Waals surface area contributed by atoms with Crippen LogP contribution in [0.1, 0.15) is 18.3 Å². The van der Waals surface area contributed by atoms with E-state index in [1.165, 1.54) is 16.8 Å². The topological polar surface area (TPSA) is 65.1 Å². The van der Waals surface area contributed by atoms with E-state index in [-0.39, 0.29) is 11.4 Å². The fraction of sp³-hybridized carbons (Fsp3) is 0.103. The standard InChI is InChI=1S/C29H22FN5O/c1-2-25-31-28-26(24-17-23(32-35(24)25)20-11-7-4-8-12-20)27(21-13-15-22(30)16-14-21)33-34(29(28)36)18-19-9-5-3-6-10-19/h3-17H,2,18H2,1H3. The number of benzene rings is 3. The van der Waals surface area contributed by atoms with Crippen LogP contribution in [0.3, 0.4) is 0 Å². The Hall–Kier alpha value is -4.65. The van der Waals surface area contributed by atoms with Crippen LogP contribution < -0.4 is 5.56 Å². The smallest absolute Gasteiger partial charge is 0.265 e. The molecule has 0 aliphatic rings. The Morgan fingerprint density at radius 3 is 2.22 bits per heavy atom. The molecule has 7 heteroatoms. The summed E-state index contributed by atoms with van der Waals surface area (Å²) in [5.74, 6) is 0.340. The molecule has 0 spiro atoms. The Morgan fingerprint density at radius 1 is 0.833 bits per heavy atom. The van der Waals surface area contributed by atoms with Gasteiger partial charge in [0.2, 0.25) is 0 Å². The highest BCUT2D eigenvalue weighted by molar-refractivity contribution is 6.03. The predicted octanol–water partition coefficient (Wildman–Crippen LogP) is 5.52. The Bertz CT molecular complexity index is 1760. The number of halogens is 1. The lowest BCUT2D eigenvalue weighted by atomic mass is 10.1. The average Bonchev–Trinajstić information content (AvgIpc) is 3.37. The van der Waals surface area contributed by atoms with Crippen molar-refractivity contribution in [2.75, 3.05) is 0 Å². The summed E-state index contributed by atoms with van der Waals surface area (Å²) in [7, 11) is 0. The van der Waals surface area contributed by atoms with E-state index in [2.05, 4.69) is 0 Å². The van der Waals surface area contributed by atoms with Gasteiger partial charge < -0.3 is 0 Å². The summed E-state index contributed by atoms with van der Waals surface area (Å²) < 4.78 is 17.0. The fourth-order valence-electron chi connectivity index (χ4n) is 4.49. The Labute approximate surface area is 206 Å². The maximum atomic E-state index is 13.8. The molecule has 0 bridgehead atoms. The summed E-state index contributed by atoms with van der Waals surface area (Å²) in [6.07, 6.45) is 0.592. The van der Waals surface area contributed by atoms with Crippen molar-refractivity contribution in [3.8, 4) is 22.5 Å². The highest BCUT2D eigenvalue weighted by atomic mass is 19.1. The van der Waals surface area contributed by atoms with E-state index in [9.17, 15) is 9.18 Å². The summed E-state index contributed by atoms with van der Waals surface area (Å²) in [5.41, 5.74) is 4.72. The van der Waals surface area contributed by atoms with Crippen molar-refractivity contribution < 1.29 is 4.39 Å². The molecule has 0 N–H and O–H groups in total. The lowest BCUT2D eigenvalue weighted by molar-refractivity contribution is 0.627. The van der Waals surface area contributed by atoms with Gasteiger partial charge in [-0.3, -0.25) is 4.79 Å². The molecule has 0 aliphatic carbocycles. The highest BCUT2D eigenvalue weighted by Crippen LogP contribution is 2.31. The van der Waals surface area contributed by atoms with Crippen molar-refractivity contribution in [3.05, 3.63) is 119 Å². The first-order valence-electron chi connectivity index (χ1n) is 11.8. The molecule has 6 nitrogen and oxygen atoms in total. The van der Waals surface area contributed by atoms with Crippen LogP contribution in [0.4, 0.5) is 4.39 Å². The number of hydrogen-bond donors (Lipinski definition) is 0. The minimum Gasteiger partial charge on any atom is -0.265 e. The van der Waals surface area contributed by atoms with Gasteiger partial charge in [-0.1, -0.05) is 67.6 Å². The average molecular weight is 476 g/mol. The van der Waals surface area contributed by atoms with Crippen LogP contribution in [0.2, 0.25) is 0 Å². The van der Waals surface area contributed by atoms with Gasteiger partial charge in [0, 0.05) is 17.5 Å². The monoisotopic (exact) mass is 475 g/mol. The second kappa shape index (κ2) is 8.85. The van der Waals surface area contributed by atoms with E-state index in [0.717, 1.165) is 22.3 Å². The van der Waals surface area contributed by atoms with Crippen molar-refractivity contribution in [3.63, 3.8) is 0 Å². The van der Waals surface area contributed by atoms with Crippen molar-refractivity contribution in [2.24, 2.45) is 0 Å². The third kappa shape index (κ3) is 3.75. The zero-order chi connectivity index (χ0) is 24.6. The molecule has 0 saturated carbocycles. The van der Waals surface area contributed by atoms with Crippen LogP contribution in [-0.4, -0.2) is 24.4 Å². The molecule has 3 aromatic carbocycles. The number of hydrogen-bond acceptors (Lipinski definition) is 4. The van der Waals surface area contributed by atoms with Gasteiger partial charge in [-0.05, 0) is 35.9 Å². The summed E-state index contributed by atoms with van der Waals surface area (Å²) in [6, 6.07) is 27.7. The molecule has 0 aliphatic heterocycles. The first kappa shape index (κ1) is 21.9. The van der Waals surface area contributed by atoms with E-state index in [1.807, 2.05) is 73.7 Å². The van der Waals surface area contributed by atoms with Gasteiger partial charge in [-0.2, -0.15) is 10.2 Å². The van der Waals surface area contributed by atoms with Crippen LogP contribution in [0.5, 0.6) is 0 Å². The van der Waals surface area contributed by atoms with Crippen molar-refractivity contribution in [1.29, 1.82) is 0 Å². The van der Waals surface area contributed by atoms with E-state index in [4.69, 9.17) is 15.2 Å². The second-order valence-corrected chi connectivity index (χ2v) is 8.60. The lowest BCUT2D eigenvalue weighted by Gasteiger charge is -2.13. The predicted molar refractivity (Wildman–Crippen MR) is 138 cm³/mol. The Balaban J connectivity index is 1.70. The third-order valence-corrected chi connectivity index (χ3v) is 6.26. The molecular formula is C29H22FN5O. The molecule has 6 aromatic rings. The van der Waals surface area contributed by atoms with E-state index in [0.29, 0.717) is 41.0 Å². The minimum atomic E-state index is -0.340. The van der Waals surface area contributed by atoms with Crippen LogP contribution in [-0.2, 0) is 13.0 Å². The quantitative estimate of drug-likeness (QED) is 0.329. The molecular weight excluding hydrogens is 453 g/mol. The highest BCUT2D eigenvalue weighted by Gasteiger charge is 2.21. The van der Waals surface area contributed by atoms with E-state index in [1.54, 1.807) is 16.6 Å². The third-order valence-electron chi connectivity index (χ3n) is 6.26. The second-order valence-electron chi connectivity index (χ2n) is 8.60. The van der Waals surface area contributed by atoms with E-state index < -0.39 is 0 Å². The van der Waals surface area contributed by atoms with Gasteiger partial charge >= 0.3 is 0 Å². The van der Waals surface area contributed by atoms with Gasteiger partial charge in [-0.15, -0.1) is 0 Å². The molecule has 0 unspecified atom stereocenters. The van der Waals surface area contributed by atoms with Gasteiger partial charge in [0.15, 0.2) is 0 Å². The maximum absolute atomic E-state index is 13.8. The van der Waals surface area contributed by atoms with Gasteiger partial charge in [0.1, 0.15) is 22.9 Å². The Morgan fingerprint density at radius 2 is 1.53 bits per heavy atom. The van der Waals surface area contributed by atoms with Crippen LogP contribution in [0.25, 0.3) is 38.9 Å². The van der Waals surface area contributed by atoms with Gasteiger partial charge in [-0.25, -0.2) is 18.6 Å². The Kier molecular flexibility index (Phi) is 5.37. The van der Waals surface area contributed by atoms with Crippen LogP contribution in [0, 0.1) is 5.82 Å². The molecule has 0 amide bonds. The van der Waals surface area contributed by atoms with Crippen molar-refractivity contribution in [2.45, 2.75) is 19.9 Å². The molecule has 0 radical (unpaired) electrons. The largest absolute Gasteiger partial charge is 0.293 e. The number of rotatable bonds is 5. The fourth-order valence-corrected chi connectivity index (χ4v) is 4.49. The van der Waals surface area contributed by atoms with Crippen LogP contribution in [0.15, 0.2) is 95.8 Å². The first-order valence-corrected chi connectivity index (χ1v) is 11.8. The molecule has 6 rings (SSSR count). The zero-order valence-electron chi connectivity index (χ0n) is 19.6. The SMILES string of the molecule is CCc1nc2c(=O)n(Cc3ccccc3)nc(-c3ccc(F)cc3)c2c2cc(-c3ccccc3)nn12. The zero-order valence-corrected chi connectivity index (χ0v) is 19.6. The maximum Gasteiger partial charge on any atom is 0.293 e. The number of aromatic nitrogens is 5.